The Morgan fingerprint density at radius 1 is 1.00 bits per heavy atom. The van der Waals surface area contributed by atoms with E-state index in [0.717, 1.165) is 29.6 Å². The van der Waals surface area contributed by atoms with Crippen LogP contribution in [0.2, 0.25) is 0 Å². The summed E-state index contributed by atoms with van der Waals surface area (Å²) in [7, 11) is 0. The van der Waals surface area contributed by atoms with Gasteiger partial charge in [-0.15, -0.1) is 0 Å². The van der Waals surface area contributed by atoms with Crippen molar-refractivity contribution in [2.24, 2.45) is 5.41 Å². The van der Waals surface area contributed by atoms with Crippen LogP contribution in [-0.2, 0) is 16.1 Å². The molecule has 1 spiro atoms. The third kappa shape index (κ3) is 5.44. The number of nitrogens with zero attached hydrogens (tertiary/aromatic N) is 5. The molecule has 42 heavy (non-hydrogen) atoms. The van der Waals surface area contributed by atoms with Crippen molar-refractivity contribution in [1.29, 1.82) is 0 Å². The molecular weight excluding hydrogens is 530 g/mol. The minimum absolute atomic E-state index is 0.0467. The number of fused-ring (bicyclic) bond motifs is 1. The predicted octanol–water partition coefficient (Wildman–Crippen LogP) is 3.89. The molecule has 0 atom stereocenters. The summed E-state index contributed by atoms with van der Waals surface area (Å²) in [4.78, 5) is 56.5. The summed E-state index contributed by atoms with van der Waals surface area (Å²) >= 11 is 0. The van der Waals surface area contributed by atoms with Crippen LogP contribution >= 0.6 is 0 Å². The van der Waals surface area contributed by atoms with Crippen molar-refractivity contribution in [1.82, 2.24) is 30.1 Å². The zero-order valence-electron chi connectivity index (χ0n) is 23.8. The summed E-state index contributed by atoms with van der Waals surface area (Å²) in [6.07, 6.45) is 5.51. The molecule has 10 heteroatoms. The Kier molecular flexibility index (Phi) is 7.60. The topological polar surface area (TPSA) is 115 Å². The van der Waals surface area contributed by atoms with Crippen LogP contribution in [0.15, 0.2) is 73.2 Å². The van der Waals surface area contributed by atoms with Crippen LogP contribution in [0.1, 0.15) is 42.1 Å². The fourth-order valence-electron chi connectivity index (χ4n) is 6.21. The Hall–Kier alpha value is -4.73. The number of amides is 3. The second kappa shape index (κ2) is 11.6. The molecule has 0 saturated carbocycles. The number of carbonyl (C=O) groups excluding carboxylic acids is 3. The van der Waals surface area contributed by atoms with Gasteiger partial charge in [0.2, 0.25) is 11.8 Å². The molecule has 0 unspecified atom stereocenters. The molecule has 10 nitrogen and oxygen atoms in total. The Balaban J connectivity index is 1.17. The van der Waals surface area contributed by atoms with Crippen LogP contribution in [0.5, 0.6) is 0 Å². The highest BCUT2D eigenvalue weighted by atomic mass is 16.2. The van der Waals surface area contributed by atoms with Crippen LogP contribution in [0, 0.1) is 5.41 Å². The maximum Gasteiger partial charge on any atom is 0.253 e. The number of piperidine rings is 1. The van der Waals surface area contributed by atoms with Crippen molar-refractivity contribution < 1.29 is 14.4 Å². The van der Waals surface area contributed by atoms with Gasteiger partial charge in [-0.3, -0.25) is 14.4 Å². The number of H-pyrrole nitrogens is 1. The van der Waals surface area contributed by atoms with Gasteiger partial charge >= 0.3 is 0 Å². The van der Waals surface area contributed by atoms with E-state index in [2.05, 4.69) is 32.4 Å². The van der Waals surface area contributed by atoms with E-state index in [1.54, 1.807) is 0 Å². The van der Waals surface area contributed by atoms with Gasteiger partial charge in [0.25, 0.3) is 5.91 Å². The molecule has 2 aliphatic rings. The van der Waals surface area contributed by atoms with E-state index in [1.807, 2.05) is 69.4 Å². The molecule has 4 heterocycles. The average Bonchev–Trinajstić information content (AvgIpc) is 3.61. The van der Waals surface area contributed by atoms with E-state index in [1.165, 1.54) is 13.3 Å². The van der Waals surface area contributed by atoms with Crippen molar-refractivity contribution in [2.45, 2.75) is 32.7 Å². The quantitative estimate of drug-likeness (QED) is 0.335. The first kappa shape index (κ1) is 27.4. The summed E-state index contributed by atoms with van der Waals surface area (Å²) in [6.45, 7) is 4.86. The van der Waals surface area contributed by atoms with Gasteiger partial charge in [0.05, 0.1) is 10.8 Å². The van der Waals surface area contributed by atoms with Crippen molar-refractivity contribution in [3.63, 3.8) is 0 Å². The summed E-state index contributed by atoms with van der Waals surface area (Å²) in [5, 5.41) is 3.70. The number of aromatic nitrogens is 3. The van der Waals surface area contributed by atoms with Gasteiger partial charge in [-0.25, -0.2) is 9.97 Å². The van der Waals surface area contributed by atoms with Crippen LogP contribution in [0.4, 0.5) is 11.5 Å². The lowest BCUT2D eigenvalue weighted by Crippen LogP contribution is -2.46. The highest BCUT2D eigenvalue weighted by molar-refractivity contribution is 5.96. The minimum Gasteiger partial charge on any atom is -0.355 e. The zero-order chi connectivity index (χ0) is 29.1. The number of hydrogen-bond donors (Lipinski definition) is 2. The van der Waals surface area contributed by atoms with E-state index >= 15 is 0 Å². The van der Waals surface area contributed by atoms with Crippen LogP contribution in [0.3, 0.4) is 0 Å². The fourth-order valence-corrected chi connectivity index (χ4v) is 6.21. The molecule has 2 aliphatic heterocycles. The van der Waals surface area contributed by atoms with Crippen molar-refractivity contribution >= 4 is 40.3 Å². The van der Waals surface area contributed by atoms with Gasteiger partial charge in [-0.2, -0.15) is 0 Å². The smallest absolute Gasteiger partial charge is 0.253 e. The standard InChI is InChI=1S/C32H35N7O3/c1-23(40)33-15-19-39(29-27-10-14-34-28(27)35-22-36-29)26-9-5-8-25(20-26)30(41)37-16-11-32(12-17-37)13-18-38(31(32)42)21-24-6-3-2-4-7-24/h2-10,14,20,22H,11-13,15-19,21H2,1H3,(H,33,40)(H,34,35,36). The van der Waals surface area contributed by atoms with Gasteiger partial charge in [0.1, 0.15) is 17.8 Å². The van der Waals surface area contributed by atoms with Crippen LogP contribution in [0.25, 0.3) is 11.0 Å². The first-order valence-electron chi connectivity index (χ1n) is 14.5. The first-order valence-corrected chi connectivity index (χ1v) is 14.5. The summed E-state index contributed by atoms with van der Waals surface area (Å²) < 4.78 is 0. The lowest BCUT2D eigenvalue weighted by Gasteiger charge is -2.38. The Bertz CT molecular complexity index is 1590. The van der Waals surface area contributed by atoms with Crippen LogP contribution in [-0.4, -0.2) is 75.2 Å². The van der Waals surface area contributed by atoms with Gasteiger partial charge in [0.15, 0.2) is 0 Å². The number of rotatable bonds is 8. The molecule has 2 aromatic heterocycles. The second-order valence-corrected chi connectivity index (χ2v) is 11.2. The molecular formula is C32H35N7O3. The van der Waals surface area contributed by atoms with Gasteiger partial charge in [0, 0.05) is 63.6 Å². The van der Waals surface area contributed by atoms with Crippen LogP contribution < -0.4 is 10.2 Å². The summed E-state index contributed by atoms with van der Waals surface area (Å²) in [6, 6.07) is 19.5. The predicted molar refractivity (Wildman–Crippen MR) is 160 cm³/mol. The monoisotopic (exact) mass is 565 g/mol. The van der Waals surface area contributed by atoms with Crippen molar-refractivity contribution in [3.8, 4) is 0 Å². The molecule has 3 amide bonds. The maximum atomic E-state index is 13.7. The first-order chi connectivity index (χ1) is 20.4. The molecule has 0 aliphatic carbocycles. The highest BCUT2D eigenvalue weighted by Gasteiger charge is 2.48. The average molecular weight is 566 g/mol. The number of benzene rings is 2. The lowest BCUT2D eigenvalue weighted by molar-refractivity contribution is -0.138. The third-order valence-electron chi connectivity index (χ3n) is 8.53. The Morgan fingerprint density at radius 3 is 2.57 bits per heavy atom. The molecule has 2 fully saturated rings. The molecule has 6 rings (SSSR count). The van der Waals surface area contributed by atoms with E-state index in [0.29, 0.717) is 62.6 Å². The number of nitrogens with one attached hydrogen (secondary N) is 2. The molecule has 0 bridgehead atoms. The van der Waals surface area contributed by atoms with E-state index in [4.69, 9.17) is 0 Å². The minimum atomic E-state index is -0.372. The number of anilines is 2. The van der Waals surface area contributed by atoms with E-state index in [-0.39, 0.29) is 23.1 Å². The van der Waals surface area contributed by atoms with Crippen molar-refractivity contribution in [2.75, 3.05) is 37.6 Å². The second-order valence-electron chi connectivity index (χ2n) is 11.2. The van der Waals surface area contributed by atoms with Crippen molar-refractivity contribution in [3.05, 3.63) is 84.3 Å². The third-order valence-corrected chi connectivity index (χ3v) is 8.53. The van der Waals surface area contributed by atoms with E-state index in [9.17, 15) is 14.4 Å². The normalized spacial score (nSPS) is 16.3. The highest BCUT2D eigenvalue weighted by Crippen LogP contribution is 2.42. The molecule has 2 aromatic carbocycles. The fraction of sp³-hybridized carbons (Fsp3) is 0.344. The molecule has 2 saturated heterocycles. The number of aromatic amines is 1. The van der Waals surface area contributed by atoms with E-state index < -0.39 is 0 Å². The summed E-state index contributed by atoms with van der Waals surface area (Å²) in [5.41, 5.74) is 2.85. The SMILES string of the molecule is CC(=O)NCCN(c1cccc(C(=O)N2CCC3(CC2)CCN(Cc2ccccc2)C3=O)c1)c1ncnc2[nH]ccc12. The zero-order valence-corrected chi connectivity index (χ0v) is 23.8. The molecule has 216 valence electrons. The van der Waals surface area contributed by atoms with Gasteiger partial charge in [-0.1, -0.05) is 36.4 Å². The lowest BCUT2D eigenvalue weighted by atomic mass is 9.77. The van der Waals surface area contributed by atoms with Gasteiger partial charge < -0.3 is 25.0 Å². The maximum absolute atomic E-state index is 13.7. The molecule has 4 aromatic rings. The number of carbonyl (C=O) groups is 3. The molecule has 0 radical (unpaired) electrons. The largest absolute Gasteiger partial charge is 0.355 e. The van der Waals surface area contributed by atoms with Gasteiger partial charge in [-0.05, 0) is 49.1 Å². The summed E-state index contributed by atoms with van der Waals surface area (Å²) in [5.74, 6) is 0.752. The number of hydrogen-bond acceptors (Lipinski definition) is 6. The number of likely N-dealkylation sites (tertiary alicyclic amines) is 2. The Morgan fingerprint density at radius 2 is 1.79 bits per heavy atom. The Labute approximate surface area is 244 Å². The molecule has 2 N–H and O–H groups in total.